The predicted molar refractivity (Wildman–Crippen MR) is 184 cm³/mol. The molecule has 1 aromatic heterocycles. The molecule has 8 aromatic carbocycles. The minimum absolute atomic E-state index is 0.910. The molecule has 0 radical (unpaired) electrons. The molecule has 0 saturated carbocycles. The van der Waals surface area contributed by atoms with E-state index in [9.17, 15) is 0 Å². The molecule has 0 spiro atoms. The van der Waals surface area contributed by atoms with Gasteiger partial charge in [-0.2, -0.15) is 0 Å². The van der Waals surface area contributed by atoms with Crippen molar-refractivity contribution in [3.8, 4) is 22.3 Å². The average molecular weight is 549 g/mol. The topological polar surface area (TPSA) is 13.1 Å². The van der Waals surface area contributed by atoms with Crippen LogP contribution in [0.15, 0.2) is 138 Å². The first-order valence-electron chi connectivity index (χ1n) is 14.9. The monoisotopic (exact) mass is 548 g/mol. The molecule has 0 amide bonds. The lowest BCUT2D eigenvalue weighted by atomic mass is 9.88. The molecule has 202 valence electrons. The molecule has 1 nitrogen and oxygen atoms in total. The van der Waals surface area contributed by atoms with Crippen LogP contribution >= 0.6 is 0 Å². The van der Waals surface area contributed by atoms with Crippen LogP contribution in [-0.2, 0) is 0 Å². The Morgan fingerprint density at radius 2 is 0.744 bits per heavy atom. The van der Waals surface area contributed by atoms with Gasteiger partial charge in [-0.25, -0.2) is 0 Å². The largest absolute Gasteiger partial charge is 0.456 e. The van der Waals surface area contributed by atoms with Crippen LogP contribution < -0.4 is 0 Å². The maximum Gasteiger partial charge on any atom is 0.135 e. The quantitative estimate of drug-likeness (QED) is 0.209. The van der Waals surface area contributed by atoms with Gasteiger partial charge in [-0.15, -0.1) is 0 Å². The van der Waals surface area contributed by atoms with E-state index in [4.69, 9.17) is 4.42 Å². The lowest BCUT2D eigenvalue weighted by Crippen LogP contribution is -1.89. The van der Waals surface area contributed by atoms with E-state index in [1.807, 2.05) is 0 Å². The summed E-state index contributed by atoms with van der Waals surface area (Å²) < 4.78 is 6.91. The van der Waals surface area contributed by atoms with Gasteiger partial charge in [0.05, 0.1) is 0 Å². The van der Waals surface area contributed by atoms with Gasteiger partial charge in [0.15, 0.2) is 0 Å². The molecule has 0 saturated heterocycles. The number of rotatable bonds is 2. The molecule has 0 fully saturated rings. The van der Waals surface area contributed by atoms with Crippen molar-refractivity contribution >= 4 is 65.0 Å². The molecule has 0 bridgehead atoms. The molecular weight excluding hydrogens is 520 g/mol. The molecule has 1 heteroatoms. The van der Waals surface area contributed by atoms with Crippen LogP contribution in [0.1, 0.15) is 11.1 Å². The van der Waals surface area contributed by atoms with Gasteiger partial charge < -0.3 is 4.42 Å². The highest BCUT2D eigenvalue weighted by Gasteiger charge is 2.19. The van der Waals surface area contributed by atoms with Crippen LogP contribution in [0.4, 0.5) is 0 Å². The lowest BCUT2D eigenvalue weighted by Gasteiger charge is -2.14. The zero-order valence-electron chi connectivity index (χ0n) is 24.1. The molecule has 1 heterocycles. The number of aryl methyl sites for hydroxylation is 2. The third-order valence-electron chi connectivity index (χ3n) is 9.33. The Balaban J connectivity index is 1.46. The summed E-state index contributed by atoms with van der Waals surface area (Å²) >= 11 is 0. The molecule has 0 unspecified atom stereocenters. The third kappa shape index (κ3) is 3.46. The maximum atomic E-state index is 6.91. The predicted octanol–water partition coefficient (Wildman–Crippen LogP) is 12.1. The number of benzene rings is 8. The summed E-state index contributed by atoms with van der Waals surface area (Å²) in [5.41, 5.74) is 9.28. The van der Waals surface area contributed by atoms with E-state index in [2.05, 4.69) is 147 Å². The Hall–Kier alpha value is -5.40. The SMILES string of the molecule is Cc1ccc2c(-c3cccc4ccccc34)ccc3oc4ccc(-c5cccc6ccccc56)c5ccc(C)c(c1c32)c45. The second-order valence-electron chi connectivity index (χ2n) is 11.7. The Kier molecular flexibility index (Phi) is 5.10. The summed E-state index contributed by atoms with van der Waals surface area (Å²) in [6.07, 6.45) is 0. The first-order chi connectivity index (χ1) is 21.2. The minimum atomic E-state index is 0.910. The van der Waals surface area contributed by atoms with Gasteiger partial charge >= 0.3 is 0 Å². The Morgan fingerprint density at radius 3 is 1.23 bits per heavy atom. The van der Waals surface area contributed by atoms with Crippen LogP contribution in [0, 0.1) is 13.8 Å². The van der Waals surface area contributed by atoms with Gasteiger partial charge in [0.1, 0.15) is 11.2 Å². The molecule has 0 N–H and O–H groups in total. The minimum Gasteiger partial charge on any atom is -0.456 e. The van der Waals surface area contributed by atoms with Crippen molar-refractivity contribution in [1.82, 2.24) is 0 Å². The smallest absolute Gasteiger partial charge is 0.135 e. The highest BCUT2D eigenvalue weighted by molar-refractivity contribution is 6.28. The summed E-state index contributed by atoms with van der Waals surface area (Å²) in [4.78, 5) is 0. The van der Waals surface area contributed by atoms with Gasteiger partial charge in [-0.05, 0) is 102 Å². The maximum absolute atomic E-state index is 6.91. The first-order valence-corrected chi connectivity index (χ1v) is 14.9. The lowest BCUT2D eigenvalue weighted by molar-refractivity contribution is 0.664. The van der Waals surface area contributed by atoms with E-state index >= 15 is 0 Å². The van der Waals surface area contributed by atoms with Crippen LogP contribution in [0.3, 0.4) is 0 Å². The zero-order chi connectivity index (χ0) is 28.7. The van der Waals surface area contributed by atoms with E-state index in [0.29, 0.717) is 0 Å². The fourth-order valence-electron chi connectivity index (χ4n) is 7.36. The van der Waals surface area contributed by atoms with Crippen molar-refractivity contribution in [3.63, 3.8) is 0 Å². The molecule has 0 aliphatic rings. The third-order valence-corrected chi connectivity index (χ3v) is 9.33. The number of fused-ring (bicyclic) bond motifs is 3. The standard InChI is InChI=1S/C42H28O/c1-25-17-19-35-33(31-15-7-11-27-9-3-5-13-29(27)31)21-23-37-41(35)39(25)40-26(2)18-20-36-34(22-24-38(43-37)42(36)40)32-16-8-12-28-10-4-6-14-30(28)32/h3-24H,1-2H3. The zero-order valence-corrected chi connectivity index (χ0v) is 24.1. The molecule has 9 aromatic rings. The van der Waals surface area contributed by atoms with Crippen LogP contribution in [0.5, 0.6) is 0 Å². The van der Waals surface area contributed by atoms with E-state index < -0.39 is 0 Å². The van der Waals surface area contributed by atoms with Crippen LogP contribution in [0.25, 0.3) is 87.3 Å². The van der Waals surface area contributed by atoms with E-state index in [1.54, 1.807) is 0 Å². The Bertz CT molecular complexity index is 2390. The molecule has 0 aliphatic carbocycles. The van der Waals surface area contributed by atoms with Crippen molar-refractivity contribution in [3.05, 3.63) is 145 Å². The fourth-order valence-corrected chi connectivity index (χ4v) is 7.36. The summed E-state index contributed by atoms with van der Waals surface area (Å²) in [6.45, 7) is 4.47. The van der Waals surface area contributed by atoms with Gasteiger partial charge in [0.2, 0.25) is 0 Å². The molecule has 43 heavy (non-hydrogen) atoms. The summed E-state index contributed by atoms with van der Waals surface area (Å²) in [7, 11) is 0. The fraction of sp³-hybridized carbons (Fsp3) is 0.0476. The number of hydrogen-bond acceptors (Lipinski definition) is 1. The first kappa shape index (κ1) is 24.2. The van der Waals surface area contributed by atoms with E-state index in [1.165, 1.54) is 87.2 Å². The normalized spacial score (nSPS) is 12.0. The van der Waals surface area contributed by atoms with Crippen LogP contribution in [0.2, 0.25) is 0 Å². The van der Waals surface area contributed by atoms with Crippen molar-refractivity contribution in [2.75, 3.05) is 0 Å². The Morgan fingerprint density at radius 1 is 0.326 bits per heavy atom. The van der Waals surface area contributed by atoms with Gasteiger partial charge in [-0.1, -0.05) is 121 Å². The van der Waals surface area contributed by atoms with Gasteiger partial charge in [0, 0.05) is 10.8 Å². The van der Waals surface area contributed by atoms with Crippen molar-refractivity contribution < 1.29 is 4.42 Å². The van der Waals surface area contributed by atoms with Crippen molar-refractivity contribution in [2.24, 2.45) is 0 Å². The van der Waals surface area contributed by atoms with Crippen LogP contribution in [-0.4, -0.2) is 0 Å². The van der Waals surface area contributed by atoms with E-state index in [-0.39, 0.29) is 0 Å². The molecular formula is C42H28O. The summed E-state index contributed by atoms with van der Waals surface area (Å²) in [5, 5.41) is 12.4. The molecule has 0 aliphatic heterocycles. The highest BCUT2D eigenvalue weighted by atomic mass is 16.3. The average Bonchev–Trinajstić information content (AvgIpc) is 3.20. The Labute approximate surface area is 249 Å². The van der Waals surface area contributed by atoms with Gasteiger partial charge in [0.25, 0.3) is 0 Å². The van der Waals surface area contributed by atoms with Crippen molar-refractivity contribution in [1.29, 1.82) is 0 Å². The summed E-state index contributed by atoms with van der Waals surface area (Å²) in [5.74, 6) is 0. The van der Waals surface area contributed by atoms with Crippen molar-refractivity contribution in [2.45, 2.75) is 13.8 Å². The van der Waals surface area contributed by atoms with Gasteiger partial charge in [-0.3, -0.25) is 0 Å². The van der Waals surface area contributed by atoms with E-state index in [0.717, 1.165) is 11.2 Å². The highest BCUT2D eigenvalue weighted by Crippen LogP contribution is 2.45. The summed E-state index contributed by atoms with van der Waals surface area (Å²) in [6, 6.07) is 48.5. The number of hydrogen-bond donors (Lipinski definition) is 0. The second kappa shape index (κ2) is 9.05. The molecule has 9 rings (SSSR count). The second-order valence-corrected chi connectivity index (χ2v) is 11.7. The molecule has 0 atom stereocenters.